The molecule has 8 rings (SSSR count). The van der Waals surface area contributed by atoms with Crippen molar-refractivity contribution >= 4 is 107 Å². The van der Waals surface area contributed by atoms with E-state index in [-0.39, 0.29) is 60.0 Å². The molecule has 0 nitrogen and oxygen atoms in total. The van der Waals surface area contributed by atoms with Crippen LogP contribution in [0.5, 0.6) is 0 Å². The number of halogens is 2. The van der Waals surface area contributed by atoms with Crippen LogP contribution in [0, 0.1) is 0 Å². The second-order valence-corrected chi connectivity index (χ2v) is 23.5. The number of benzene rings is 4. The van der Waals surface area contributed by atoms with Crippen LogP contribution in [0.3, 0.4) is 0 Å². The Balaban J connectivity index is 0.000000345. The average Bonchev–Trinajstić information content (AvgIpc) is 3.98. The Kier molecular flexibility index (Phi) is 24.4. The summed E-state index contributed by atoms with van der Waals surface area (Å²) in [6.45, 7) is 18.7. The molecule has 0 aliphatic heterocycles. The van der Waals surface area contributed by atoms with Gasteiger partial charge >= 0.3 is 56.9 Å². The van der Waals surface area contributed by atoms with Crippen LogP contribution in [-0.2, 0) is 48.5 Å². The van der Waals surface area contributed by atoms with Crippen LogP contribution in [0.15, 0.2) is 146 Å². The van der Waals surface area contributed by atoms with E-state index in [1.54, 1.807) is 20.7 Å². The van der Waals surface area contributed by atoms with Gasteiger partial charge in [0.15, 0.2) is 0 Å². The maximum absolute atomic E-state index is 3.34. The van der Waals surface area contributed by atoms with Gasteiger partial charge in [0, 0.05) is 35.2 Å². The third-order valence-corrected chi connectivity index (χ3v) is 14.9. The fourth-order valence-electron chi connectivity index (χ4n) is 6.35. The molecule has 0 spiro atoms. The predicted molar refractivity (Wildman–Crippen MR) is 241 cm³/mol. The summed E-state index contributed by atoms with van der Waals surface area (Å²) >= 11 is 2.60. The van der Waals surface area contributed by atoms with E-state index in [0.717, 1.165) is 0 Å². The molecule has 8 aromatic rings. The van der Waals surface area contributed by atoms with E-state index < -0.39 is 0 Å². The number of rotatable bonds is 4. The van der Waals surface area contributed by atoms with Gasteiger partial charge in [-0.15, -0.1) is 119 Å². The molecule has 0 aliphatic rings. The third-order valence-electron chi connectivity index (χ3n) is 8.88. The minimum Gasteiger partial charge on any atom is -1.00 e. The van der Waals surface area contributed by atoms with Crippen molar-refractivity contribution in [3.63, 3.8) is 0 Å². The number of hydrogen-bond acceptors (Lipinski definition) is 0. The zero-order valence-electron chi connectivity index (χ0n) is 33.0. The van der Waals surface area contributed by atoms with E-state index >= 15 is 0 Å². The topological polar surface area (TPSA) is 0 Å². The van der Waals surface area contributed by atoms with Crippen LogP contribution in [0.4, 0.5) is 0 Å². The summed E-state index contributed by atoms with van der Waals surface area (Å²) in [5, 5.41) is 17.6. The van der Waals surface area contributed by atoms with Gasteiger partial charge in [-0.2, -0.15) is 66.6 Å². The normalized spacial score (nSPS) is 10.2. The van der Waals surface area contributed by atoms with E-state index in [0.29, 0.717) is 0 Å². The standard InChI is InChI=1S/4C11H12Si.2CH2.2ClH.2Zr/c4*1-12(2)11-8-7-9-5-3-4-6-10(9)11;;;;;;/h4*3-8H,1-2H3;2*1H2;2*1H;;/q4*-1;;;;;2*+2/p-2. The largest absolute Gasteiger partial charge is 1.00 e. The molecule has 0 amide bonds. The number of hydrogen-bond donors (Lipinski definition) is 0. The fraction of sp³-hybridized carbons (Fsp3) is 0.174. The van der Waals surface area contributed by atoms with Crippen LogP contribution in [0.25, 0.3) is 43.1 Å². The van der Waals surface area contributed by atoms with Gasteiger partial charge in [0.25, 0.3) is 0 Å². The minimum absolute atomic E-state index is 0. The Hall–Kier alpha value is -1.73. The summed E-state index contributed by atoms with van der Waals surface area (Å²) in [5.74, 6) is 0. The van der Waals surface area contributed by atoms with Gasteiger partial charge in [-0.3, -0.25) is 0 Å². The van der Waals surface area contributed by atoms with Crippen molar-refractivity contribution in [2.75, 3.05) is 0 Å². The first-order chi connectivity index (χ1) is 25.2. The van der Waals surface area contributed by atoms with E-state index in [4.69, 9.17) is 0 Å². The monoisotopic (exact) mass is 966 g/mol. The SMILES string of the molecule is C[Si](C)c1c[cH-]c2ccccc12.C[Si](C)c1c[cH-]c2ccccc12.C[Si](C)c1c[cH-]c2ccccc12.C[Si](C)c1c[cH-]c2ccccc12.[CH2]=[Zr+2].[CH2]=[Zr+2].[Cl-].[Cl-]. The zero-order chi connectivity index (χ0) is 38.2. The van der Waals surface area contributed by atoms with E-state index in [1.165, 1.54) is 91.6 Å². The van der Waals surface area contributed by atoms with Crippen molar-refractivity contribution < 1.29 is 73.3 Å². The van der Waals surface area contributed by atoms with Crippen molar-refractivity contribution in [1.82, 2.24) is 0 Å². The first-order valence-electron chi connectivity index (χ1n) is 17.7. The Labute approximate surface area is 374 Å². The molecule has 0 N–H and O–H groups in total. The molecule has 8 aromatic carbocycles. The molecule has 0 bridgehead atoms. The van der Waals surface area contributed by atoms with Gasteiger partial charge in [-0.1, -0.05) is 76.6 Å². The molecule has 4 radical (unpaired) electrons. The third kappa shape index (κ3) is 13.7. The van der Waals surface area contributed by atoms with Gasteiger partial charge in [0.05, 0.1) is 0 Å². The predicted octanol–water partition coefficient (Wildman–Crippen LogP) is 4.02. The van der Waals surface area contributed by atoms with Gasteiger partial charge in [0.1, 0.15) is 0 Å². The quantitative estimate of drug-likeness (QED) is 0.185. The zero-order valence-corrected chi connectivity index (χ0v) is 43.5. The first kappa shape index (κ1) is 50.3. The second-order valence-electron chi connectivity index (χ2n) is 13.3. The summed E-state index contributed by atoms with van der Waals surface area (Å²) in [6.07, 6.45) is 0. The Morgan fingerprint density at radius 1 is 0.333 bits per heavy atom. The Morgan fingerprint density at radius 2 is 0.500 bits per heavy atom. The van der Waals surface area contributed by atoms with Crippen molar-refractivity contribution in [3.8, 4) is 0 Å². The van der Waals surface area contributed by atoms with Crippen molar-refractivity contribution in [3.05, 3.63) is 146 Å². The summed E-state index contributed by atoms with van der Waals surface area (Å²) in [4.78, 5) is 0. The molecule has 276 valence electrons. The molecule has 0 heterocycles. The maximum Gasteiger partial charge on any atom is -1.00 e. The average molecular weight is 971 g/mol. The molecule has 0 fully saturated rings. The van der Waals surface area contributed by atoms with Crippen LogP contribution >= 0.6 is 0 Å². The van der Waals surface area contributed by atoms with E-state index in [2.05, 4.69) is 206 Å². The molecule has 0 aliphatic carbocycles. The summed E-state index contributed by atoms with van der Waals surface area (Å²) in [5.41, 5.74) is 0. The van der Waals surface area contributed by atoms with E-state index in [1.807, 2.05) is 0 Å². The molecule has 0 saturated carbocycles. The Morgan fingerprint density at radius 3 is 0.667 bits per heavy atom. The summed E-state index contributed by atoms with van der Waals surface area (Å²) < 4.78 is 6.68. The van der Waals surface area contributed by atoms with Gasteiger partial charge < -0.3 is 24.8 Å². The minimum atomic E-state index is -0.294. The molecule has 54 heavy (non-hydrogen) atoms. The fourth-order valence-corrected chi connectivity index (χ4v) is 11.1. The molecular weight excluding hydrogens is 918 g/mol. The summed E-state index contributed by atoms with van der Waals surface area (Å²) in [6, 6.07) is 52.5. The molecule has 0 saturated heterocycles. The second kappa shape index (κ2) is 26.2. The van der Waals surface area contributed by atoms with Crippen molar-refractivity contribution in [1.29, 1.82) is 0 Å². The molecule has 0 aromatic heterocycles. The van der Waals surface area contributed by atoms with Gasteiger partial charge in [0.2, 0.25) is 0 Å². The van der Waals surface area contributed by atoms with Crippen molar-refractivity contribution in [2.45, 2.75) is 52.4 Å². The van der Waals surface area contributed by atoms with E-state index in [9.17, 15) is 0 Å². The van der Waals surface area contributed by atoms with Gasteiger partial charge in [-0.05, 0) is 0 Å². The Bertz CT molecular complexity index is 1910. The van der Waals surface area contributed by atoms with Crippen molar-refractivity contribution in [2.24, 2.45) is 0 Å². The van der Waals surface area contributed by atoms with Crippen LogP contribution in [0.1, 0.15) is 0 Å². The molecular formula is C46H52Cl2Si4Zr2-2. The summed E-state index contributed by atoms with van der Waals surface area (Å²) in [7, 11) is -1.18. The number of fused-ring (bicyclic) bond motifs is 4. The maximum atomic E-state index is 3.34. The van der Waals surface area contributed by atoms with Gasteiger partial charge in [-0.25, -0.2) is 0 Å². The van der Waals surface area contributed by atoms with Crippen LogP contribution in [-0.4, -0.2) is 43.6 Å². The molecule has 0 atom stereocenters. The van der Waals surface area contributed by atoms with Crippen LogP contribution in [0.2, 0.25) is 52.4 Å². The first-order valence-corrected chi connectivity index (χ1v) is 31.1. The molecule has 8 heteroatoms. The van der Waals surface area contributed by atoms with Crippen LogP contribution < -0.4 is 45.6 Å². The molecule has 0 unspecified atom stereocenters. The smallest absolute Gasteiger partial charge is 1.00 e.